The predicted molar refractivity (Wildman–Crippen MR) is 154 cm³/mol. The number of rotatable bonds is 7. The second-order valence-electron chi connectivity index (χ2n) is 10.7. The molecule has 1 aliphatic heterocycles. The van der Waals surface area contributed by atoms with E-state index in [1.807, 2.05) is 36.9 Å². The first-order valence-electron chi connectivity index (χ1n) is 13.3. The molecular formula is C31H39N3O2S. The van der Waals surface area contributed by atoms with Crippen LogP contribution in [0.4, 0.5) is 10.5 Å². The molecule has 2 aromatic carbocycles. The van der Waals surface area contributed by atoms with Crippen molar-refractivity contribution >= 4 is 29.0 Å². The van der Waals surface area contributed by atoms with Crippen molar-refractivity contribution in [3.63, 3.8) is 0 Å². The summed E-state index contributed by atoms with van der Waals surface area (Å²) in [5, 5.41) is 5.32. The summed E-state index contributed by atoms with van der Waals surface area (Å²) in [6.45, 7) is 13.2. The van der Waals surface area contributed by atoms with Crippen molar-refractivity contribution in [2.75, 3.05) is 18.4 Å². The molecule has 6 heteroatoms. The third kappa shape index (κ3) is 5.74. The van der Waals surface area contributed by atoms with Crippen molar-refractivity contribution in [3.05, 3.63) is 87.1 Å². The molecule has 1 aromatic heterocycles. The first-order valence-corrected chi connectivity index (χ1v) is 14.2. The zero-order valence-electron chi connectivity index (χ0n) is 22.8. The van der Waals surface area contributed by atoms with Crippen LogP contribution in [-0.2, 0) is 11.2 Å². The van der Waals surface area contributed by atoms with Crippen LogP contribution in [0.2, 0.25) is 0 Å². The Morgan fingerprint density at radius 2 is 1.59 bits per heavy atom. The highest BCUT2D eigenvalue weighted by Gasteiger charge is 2.34. The summed E-state index contributed by atoms with van der Waals surface area (Å²) >= 11 is 1.76. The molecule has 37 heavy (non-hydrogen) atoms. The highest BCUT2D eigenvalue weighted by atomic mass is 32.1. The topological polar surface area (TPSA) is 52.7 Å². The number of hydrogen-bond acceptors (Lipinski definition) is 3. The van der Waals surface area contributed by atoms with E-state index in [9.17, 15) is 9.59 Å². The van der Waals surface area contributed by atoms with Crippen LogP contribution >= 0.6 is 11.3 Å². The van der Waals surface area contributed by atoms with Crippen LogP contribution in [-0.4, -0.2) is 40.9 Å². The maximum absolute atomic E-state index is 13.8. The normalized spacial score (nSPS) is 15.3. The maximum atomic E-state index is 13.8. The average Bonchev–Trinajstić information content (AvgIpc) is 3.35. The SMILES string of the molecule is CC(C)c1cccc(C(C)C)c1NC(=O)N(CC(=O)N1CCc2sccc2C1c1ccccc1)C(C)C. The summed E-state index contributed by atoms with van der Waals surface area (Å²) in [6.07, 6.45) is 0.843. The number of amides is 3. The van der Waals surface area contributed by atoms with E-state index in [0.29, 0.717) is 6.54 Å². The number of carbonyl (C=O) groups is 2. The molecule has 0 fully saturated rings. The molecule has 0 saturated carbocycles. The molecule has 3 aromatic rings. The van der Waals surface area contributed by atoms with Gasteiger partial charge in [-0.25, -0.2) is 4.79 Å². The summed E-state index contributed by atoms with van der Waals surface area (Å²) in [6, 6.07) is 18.1. The van der Waals surface area contributed by atoms with Gasteiger partial charge in [-0.1, -0.05) is 76.2 Å². The van der Waals surface area contributed by atoms with E-state index in [2.05, 4.69) is 74.8 Å². The fourth-order valence-corrected chi connectivity index (χ4v) is 6.08. The minimum absolute atomic E-state index is 0.0317. The molecule has 3 amide bonds. The van der Waals surface area contributed by atoms with Gasteiger partial charge in [-0.15, -0.1) is 11.3 Å². The van der Waals surface area contributed by atoms with Crippen molar-refractivity contribution in [2.45, 2.75) is 71.9 Å². The van der Waals surface area contributed by atoms with Gasteiger partial charge in [0.25, 0.3) is 0 Å². The molecule has 0 bridgehead atoms. The summed E-state index contributed by atoms with van der Waals surface area (Å²) in [7, 11) is 0. The van der Waals surface area contributed by atoms with Gasteiger partial charge < -0.3 is 15.1 Å². The standard InChI is InChI=1S/C31H39N3O2S/c1-20(2)24-13-10-14-25(21(3)4)29(24)32-31(36)34(22(5)6)19-28(35)33-17-15-27-26(16-18-37-27)30(33)23-11-8-7-9-12-23/h7-14,16,18,20-22,30H,15,17,19H2,1-6H3,(H,32,36). The molecule has 1 aliphatic rings. The van der Waals surface area contributed by atoms with E-state index < -0.39 is 0 Å². The molecule has 0 aliphatic carbocycles. The van der Waals surface area contributed by atoms with Crippen molar-refractivity contribution in [1.29, 1.82) is 0 Å². The first kappa shape index (κ1) is 26.9. The lowest BCUT2D eigenvalue weighted by molar-refractivity contribution is -0.134. The maximum Gasteiger partial charge on any atom is 0.322 e. The Morgan fingerprint density at radius 3 is 2.19 bits per heavy atom. The molecule has 0 radical (unpaired) electrons. The molecule has 2 heterocycles. The first-order chi connectivity index (χ1) is 17.7. The van der Waals surface area contributed by atoms with Crippen LogP contribution < -0.4 is 5.32 Å². The van der Waals surface area contributed by atoms with Gasteiger partial charge in [0.05, 0.1) is 6.04 Å². The van der Waals surface area contributed by atoms with Gasteiger partial charge in [0, 0.05) is 23.2 Å². The van der Waals surface area contributed by atoms with E-state index in [-0.39, 0.29) is 42.4 Å². The molecule has 1 N–H and O–H groups in total. The summed E-state index contributed by atoms with van der Waals surface area (Å²) in [4.78, 5) is 32.5. The quantitative estimate of drug-likeness (QED) is 0.355. The lowest BCUT2D eigenvalue weighted by Crippen LogP contribution is -2.49. The average molecular weight is 518 g/mol. The Balaban J connectivity index is 1.60. The van der Waals surface area contributed by atoms with Crippen molar-refractivity contribution in [1.82, 2.24) is 9.80 Å². The van der Waals surface area contributed by atoms with Gasteiger partial charge in [0.15, 0.2) is 0 Å². The van der Waals surface area contributed by atoms with Gasteiger partial charge in [-0.3, -0.25) is 4.79 Å². The summed E-state index contributed by atoms with van der Waals surface area (Å²) < 4.78 is 0. The number of carbonyl (C=O) groups excluding carboxylic acids is 2. The van der Waals surface area contributed by atoms with E-state index in [0.717, 1.165) is 28.8 Å². The predicted octanol–water partition coefficient (Wildman–Crippen LogP) is 7.41. The van der Waals surface area contributed by atoms with Crippen LogP contribution in [0.25, 0.3) is 0 Å². The van der Waals surface area contributed by atoms with E-state index in [1.165, 1.54) is 10.4 Å². The number of benzene rings is 2. The number of hydrogen-bond donors (Lipinski definition) is 1. The smallest absolute Gasteiger partial charge is 0.322 e. The van der Waals surface area contributed by atoms with E-state index in [1.54, 1.807) is 16.2 Å². The zero-order valence-corrected chi connectivity index (χ0v) is 23.6. The van der Waals surface area contributed by atoms with Gasteiger partial charge in [-0.05, 0) is 65.8 Å². The number of para-hydroxylation sites is 1. The van der Waals surface area contributed by atoms with Gasteiger partial charge in [0.1, 0.15) is 6.54 Å². The van der Waals surface area contributed by atoms with E-state index in [4.69, 9.17) is 0 Å². The number of anilines is 1. The molecule has 1 atom stereocenters. The monoisotopic (exact) mass is 517 g/mol. The lowest BCUT2D eigenvalue weighted by Gasteiger charge is -2.38. The fourth-order valence-electron chi connectivity index (χ4n) is 5.18. The Bertz CT molecular complexity index is 1210. The van der Waals surface area contributed by atoms with Crippen LogP contribution in [0, 0.1) is 0 Å². The van der Waals surface area contributed by atoms with Crippen molar-refractivity contribution in [2.24, 2.45) is 0 Å². The Morgan fingerprint density at radius 1 is 0.946 bits per heavy atom. The summed E-state index contributed by atoms with van der Waals surface area (Å²) in [5.41, 5.74) is 5.39. The highest BCUT2D eigenvalue weighted by Crippen LogP contribution is 2.38. The molecular weight excluding hydrogens is 478 g/mol. The highest BCUT2D eigenvalue weighted by molar-refractivity contribution is 7.10. The van der Waals surface area contributed by atoms with Crippen LogP contribution in [0.15, 0.2) is 60.0 Å². The largest absolute Gasteiger partial charge is 0.330 e. The number of fused-ring (bicyclic) bond motifs is 1. The van der Waals surface area contributed by atoms with Crippen LogP contribution in [0.1, 0.15) is 86.6 Å². The molecule has 0 saturated heterocycles. The number of nitrogens with one attached hydrogen (secondary N) is 1. The van der Waals surface area contributed by atoms with Crippen molar-refractivity contribution < 1.29 is 9.59 Å². The Hall–Kier alpha value is -3.12. The summed E-state index contributed by atoms with van der Waals surface area (Å²) in [5.74, 6) is 0.501. The third-order valence-electron chi connectivity index (χ3n) is 7.20. The second kappa shape index (κ2) is 11.5. The molecule has 5 nitrogen and oxygen atoms in total. The second-order valence-corrected chi connectivity index (χ2v) is 11.7. The number of urea groups is 1. The van der Waals surface area contributed by atoms with Crippen molar-refractivity contribution in [3.8, 4) is 0 Å². The lowest BCUT2D eigenvalue weighted by atomic mass is 9.92. The van der Waals surface area contributed by atoms with E-state index >= 15 is 0 Å². The fraction of sp³-hybridized carbons (Fsp3) is 0.419. The van der Waals surface area contributed by atoms with Gasteiger partial charge in [0.2, 0.25) is 5.91 Å². The van der Waals surface area contributed by atoms with Gasteiger partial charge >= 0.3 is 6.03 Å². The third-order valence-corrected chi connectivity index (χ3v) is 8.19. The van der Waals surface area contributed by atoms with Crippen LogP contribution in [0.3, 0.4) is 0 Å². The minimum atomic E-state index is -0.233. The number of thiophene rings is 1. The van der Waals surface area contributed by atoms with Crippen LogP contribution in [0.5, 0.6) is 0 Å². The number of nitrogens with zero attached hydrogens (tertiary/aromatic N) is 2. The molecule has 196 valence electrons. The van der Waals surface area contributed by atoms with Gasteiger partial charge in [-0.2, -0.15) is 0 Å². The molecule has 1 unspecified atom stereocenters. The molecule has 0 spiro atoms. The molecule has 4 rings (SSSR count). The zero-order chi connectivity index (χ0) is 26.7. The Kier molecular flexibility index (Phi) is 8.38. The minimum Gasteiger partial charge on any atom is -0.330 e. The Labute approximate surface area is 225 Å².